The lowest BCUT2D eigenvalue weighted by Gasteiger charge is -2.21. The van der Waals surface area contributed by atoms with Crippen molar-refractivity contribution in [2.75, 3.05) is 26.2 Å². The Labute approximate surface area is 154 Å². The Kier molecular flexibility index (Phi) is 6.14. The van der Waals surface area contributed by atoms with Gasteiger partial charge in [0, 0.05) is 17.0 Å². The van der Waals surface area contributed by atoms with E-state index in [1.54, 1.807) is 0 Å². The van der Waals surface area contributed by atoms with Crippen LogP contribution in [0.25, 0.3) is 11.0 Å². The number of ether oxygens (including phenoxy) is 1. The number of hydrogen-bond acceptors (Lipinski definition) is 3. The fourth-order valence-electron chi connectivity index (χ4n) is 2.95. The van der Waals surface area contributed by atoms with E-state index in [0.29, 0.717) is 6.61 Å². The Morgan fingerprint density at radius 3 is 2.44 bits per heavy atom. The molecular weight excluding hydrogens is 334 g/mol. The van der Waals surface area contributed by atoms with E-state index in [0.717, 1.165) is 46.9 Å². The van der Waals surface area contributed by atoms with Crippen LogP contribution >= 0.6 is 11.6 Å². The van der Waals surface area contributed by atoms with Gasteiger partial charge in [0.1, 0.15) is 17.4 Å². The molecule has 0 saturated carbocycles. The first-order chi connectivity index (χ1) is 12.2. The molecule has 0 amide bonds. The highest BCUT2D eigenvalue weighted by atomic mass is 35.5. The lowest BCUT2D eigenvalue weighted by Crippen LogP contribution is -2.27. The zero-order valence-corrected chi connectivity index (χ0v) is 15.5. The zero-order valence-electron chi connectivity index (χ0n) is 14.7. The summed E-state index contributed by atoms with van der Waals surface area (Å²) < 4.78 is 12.3. The molecule has 1 heterocycles. The molecule has 0 saturated heterocycles. The fourth-order valence-corrected chi connectivity index (χ4v) is 3.08. The Hall–Kier alpha value is -1.81. The molecule has 0 N–H and O–H groups in total. The first kappa shape index (κ1) is 18.0. The molecule has 3 nitrogen and oxygen atoms in total. The molecule has 0 aliphatic carbocycles. The summed E-state index contributed by atoms with van der Waals surface area (Å²) in [5, 5.41) is 1.80. The minimum Gasteiger partial charge on any atom is -0.458 e. The molecule has 1 atom stereocenters. The first-order valence-corrected chi connectivity index (χ1v) is 9.17. The topological polar surface area (TPSA) is 25.6 Å². The number of furan rings is 1. The maximum atomic E-state index is 6.24. The van der Waals surface area contributed by atoms with Gasteiger partial charge in [-0.05, 0) is 42.9 Å². The average molecular weight is 358 g/mol. The zero-order chi connectivity index (χ0) is 17.6. The normalized spacial score (nSPS) is 12.8. The van der Waals surface area contributed by atoms with Gasteiger partial charge >= 0.3 is 0 Å². The molecule has 3 aromatic rings. The molecule has 0 fully saturated rings. The van der Waals surface area contributed by atoms with Gasteiger partial charge in [0.2, 0.25) is 0 Å². The van der Waals surface area contributed by atoms with Crippen LogP contribution in [0.1, 0.15) is 31.3 Å². The molecule has 25 heavy (non-hydrogen) atoms. The third-order valence-electron chi connectivity index (χ3n) is 4.46. The van der Waals surface area contributed by atoms with E-state index in [4.69, 9.17) is 20.8 Å². The number of benzene rings is 2. The van der Waals surface area contributed by atoms with Crippen LogP contribution < -0.4 is 0 Å². The lowest BCUT2D eigenvalue weighted by atomic mass is 10.1. The summed E-state index contributed by atoms with van der Waals surface area (Å²) in [5.41, 5.74) is 1.92. The number of fused-ring (bicyclic) bond motifs is 1. The van der Waals surface area contributed by atoms with E-state index < -0.39 is 0 Å². The largest absolute Gasteiger partial charge is 0.458 e. The Balaban J connectivity index is 1.84. The van der Waals surface area contributed by atoms with Crippen LogP contribution in [0.4, 0.5) is 0 Å². The quantitative estimate of drug-likeness (QED) is 0.529. The first-order valence-electron chi connectivity index (χ1n) is 8.79. The molecular formula is C21H24ClNO2. The fraction of sp³-hybridized carbons (Fsp3) is 0.333. The Bertz CT molecular complexity index is 760. The molecule has 132 valence electrons. The second kappa shape index (κ2) is 8.52. The average Bonchev–Trinajstić information content (AvgIpc) is 3.07. The molecule has 1 aromatic heterocycles. The second-order valence-corrected chi connectivity index (χ2v) is 6.45. The maximum absolute atomic E-state index is 6.24. The van der Waals surface area contributed by atoms with Gasteiger partial charge in [0.25, 0.3) is 0 Å². The molecule has 2 aromatic carbocycles. The van der Waals surface area contributed by atoms with Crippen LogP contribution in [0.15, 0.2) is 59.0 Å². The molecule has 3 rings (SSSR count). The van der Waals surface area contributed by atoms with Crippen molar-refractivity contribution in [3.63, 3.8) is 0 Å². The number of hydrogen-bond donors (Lipinski definition) is 0. The molecule has 0 spiro atoms. The van der Waals surface area contributed by atoms with E-state index in [1.807, 2.05) is 42.5 Å². The highest BCUT2D eigenvalue weighted by Crippen LogP contribution is 2.31. The van der Waals surface area contributed by atoms with E-state index in [2.05, 4.69) is 30.9 Å². The van der Waals surface area contributed by atoms with Crippen molar-refractivity contribution >= 4 is 22.6 Å². The predicted octanol–water partition coefficient (Wildman–Crippen LogP) is 5.53. The van der Waals surface area contributed by atoms with E-state index in [1.165, 1.54) is 0 Å². The number of rotatable bonds is 8. The van der Waals surface area contributed by atoms with Gasteiger partial charge in [0.15, 0.2) is 0 Å². The summed E-state index contributed by atoms with van der Waals surface area (Å²) in [4.78, 5) is 2.34. The molecule has 1 unspecified atom stereocenters. The van der Waals surface area contributed by atoms with Gasteiger partial charge in [-0.2, -0.15) is 0 Å². The SMILES string of the molecule is CCN(CC)CCOC(c1ccc(Cl)cc1)c1cc2ccccc2o1. The van der Waals surface area contributed by atoms with Crippen molar-refractivity contribution in [1.29, 1.82) is 0 Å². The van der Waals surface area contributed by atoms with Crippen molar-refractivity contribution in [3.05, 3.63) is 70.9 Å². The van der Waals surface area contributed by atoms with E-state index in [-0.39, 0.29) is 6.10 Å². The molecule has 4 heteroatoms. The van der Waals surface area contributed by atoms with Crippen LogP contribution in [0.3, 0.4) is 0 Å². The van der Waals surface area contributed by atoms with Crippen molar-refractivity contribution < 1.29 is 9.15 Å². The van der Waals surface area contributed by atoms with Crippen molar-refractivity contribution in [3.8, 4) is 0 Å². The van der Waals surface area contributed by atoms with Gasteiger partial charge < -0.3 is 14.1 Å². The summed E-state index contributed by atoms with van der Waals surface area (Å²) in [7, 11) is 0. The Morgan fingerprint density at radius 2 is 1.76 bits per heavy atom. The highest BCUT2D eigenvalue weighted by Gasteiger charge is 2.19. The smallest absolute Gasteiger partial charge is 0.140 e. The number of para-hydroxylation sites is 1. The minimum atomic E-state index is -0.236. The predicted molar refractivity (Wildman–Crippen MR) is 103 cm³/mol. The van der Waals surface area contributed by atoms with Crippen LogP contribution in [-0.2, 0) is 4.74 Å². The molecule has 0 bridgehead atoms. The van der Waals surface area contributed by atoms with Gasteiger partial charge in [-0.3, -0.25) is 0 Å². The van der Waals surface area contributed by atoms with Gasteiger partial charge in [0.05, 0.1) is 6.61 Å². The molecule has 0 radical (unpaired) electrons. The Morgan fingerprint density at radius 1 is 1.04 bits per heavy atom. The number of halogens is 1. The summed E-state index contributed by atoms with van der Waals surface area (Å²) in [6, 6.07) is 17.9. The molecule has 0 aliphatic rings. The lowest BCUT2D eigenvalue weighted by molar-refractivity contribution is 0.0504. The highest BCUT2D eigenvalue weighted by molar-refractivity contribution is 6.30. The van der Waals surface area contributed by atoms with Crippen LogP contribution in [-0.4, -0.2) is 31.1 Å². The standard InChI is InChI=1S/C21H24ClNO2/c1-3-23(4-2)13-14-24-21(16-9-11-18(22)12-10-16)20-15-17-7-5-6-8-19(17)25-20/h5-12,15,21H,3-4,13-14H2,1-2H3. The van der Waals surface area contributed by atoms with Crippen LogP contribution in [0.5, 0.6) is 0 Å². The van der Waals surface area contributed by atoms with Crippen LogP contribution in [0, 0.1) is 0 Å². The monoisotopic (exact) mass is 357 g/mol. The summed E-state index contributed by atoms with van der Waals surface area (Å²) in [5.74, 6) is 0.822. The van der Waals surface area contributed by atoms with Crippen molar-refractivity contribution in [2.45, 2.75) is 20.0 Å². The minimum absolute atomic E-state index is 0.236. The molecule has 0 aliphatic heterocycles. The summed E-state index contributed by atoms with van der Waals surface area (Å²) >= 11 is 6.04. The van der Waals surface area contributed by atoms with Gasteiger partial charge in [-0.15, -0.1) is 0 Å². The van der Waals surface area contributed by atoms with E-state index in [9.17, 15) is 0 Å². The second-order valence-electron chi connectivity index (χ2n) is 6.02. The van der Waals surface area contributed by atoms with Gasteiger partial charge in [-0.1, -0.05) is 55.8 Å². The summed E-state index contributed by atoms with van der Waals surface area (Å²) in [6.07, 6.45) is -0.236. The third kappa shape index (κ3) is 4.43. The van der Waals surface area contributed by atoms with Crippen LogP contribution in [0.2, 0.25) is 5.02 Å². The van der Waals surface area contributed by atoms with Gasteiger partial charge in [-0.25, -0.2) is 0 Å². The van der Waals surface area contributed by atoms with Crippen molar-refractivity contribution in [1.82, 2.24) is 4.90 Å². The van der Waals surface area contributed by atoms with Crippen molar-refractivity contribution in [2.24, 2.45) is 0 Å². The number of likely N-dealkylation sites (N-methyl/N-ethyl adjacent to an activating group) is 1. The maximum Gasteiger partial charge on any atom is 0.140 e. The number of nitrogens with zero attached hydrogens (tertiary/aromatic N) is 1. The third-order valence-corrected chi connectivity index (χ3v) is 4.71. The summed E-state index contributed by atoms with van der Waals surface area (Å²) in [6.45, 7) is 7.93. The van der Waals surface area contributed by atoms with E-state index >= 15 is 0 Å².